The molecule has 0 unspecified atom stereocenters. The van der Waals surface area contributed by atoms with E-state index in [9.17, 15) is 9.18 Å². The van der Waals surface area contributed by atoms with Crippen molar-refractivity contribution in [2.45, 2.75) is 31.7 Å². The first-order chi connectivity index (χ1) is 15.7. The molecule has 1 aliphatic heterocycles. The second kappa shape index (κ2) is 8.99. The number of nitrogens with zero attached hydrogens (tertiary/aromatic N) is 2. The Labute approximate surface area is 188 Å². The Hall–Kier alpha value is -3.40. The molecular weight excluding hydrogens is 399 g/mol. The molecule has 0 radical (unpaired) electrons. The number of fused-ring (bicyclic) bond motifs is 1. The second-order valence-corrected chi connectivity index (χ2v) is 8.58. The normalized spacial score (nSPS) is 14.7. The summed E-state index contributed by atoms with van der Waals surface area (Å²) in [5, 5.41) is 1.07. The highest BCUT2D eigenvalue weighted by atomic mass is 19.1. The Morgan fingerprint density at radius 1 is 0.844 bits per heavy atom. The molecule has 0 N–H and O–H groups in total. The van der Waals surface area contributed by atoms with Gasteiger partial charge in [0.25, 0.3) is 0 Å². The molecule has 4 aromatic rings. The number of aromatic nitrogens is 1. The van der Waals surface area contributed by atoms with E-state index >= 15 is 0 Å². The van der Waals surface area contributed by atoms with E-state index in [4.69, 9.17) is 0 Å². The molecule has 162 valence electrons. The van der Waals surface area contributed by atoms with E-state index in [1.165, 1.54) is 11.6 Å². The van der Waals surface area contributed by atoms with Crippen molar-refractivity contribution in [2.24, 2.45) is 0 Å². The van der Waals surface area contributed by atoms with Gasteiger partial charge in [-0.3, -0.25) is 4.79 Å². The van der Waals surface area contributed by atoms with Gasteiger partial charge in [-0.1, -0.05) is 66.7 Å². The monoisotopic (exact) mass is 426 g/mol. The molecule has 32 heavy (non-hydrogen) atoms. The van der Waals surface area contributed by atoms with E-state index in [1.807, 2.05) is 47.4 Å². The van der Waals surface area contributed by atoms with Gasteiger partial charge in [0, 0.05) is 49.1 Å². The first-order valence-electron chi connectivity index (χ1n) is 11.3. The summed E-state index contributed by atoms with van der Waals surface area (Å²) in [6.45, 7) is 2.34. The largest absolute Gasteiger partial charge is 0.343 e. The number of carbonyl (C=O) groups excluding carboxylic acids is 1. The molecule has 0 spiro atoms. The quantitative estimate of drug-likeness (QED) is 0.373. The highest BCUT2D eigenvalue weighted by Crippen LogP contribution is 2.36. The molecule has 2 heterocycles. The van der Waals surface area contributed by atoms with Crippen LogP contribution in [0.5, 0.6) is 0 Å². The summed E-state index contributed by atoms with van der Waals surface area (Å²) in [4.78, 5) is 15.1. The molecule has 3 aromatic carbocycles. The van der Waals surface area contributed by atoms with Crippen LogP contribution in [0.1, 0.15) is 41.9 Å². The third-order valence-corrected chi connectivity index (χ3v) is 6.51. The Balaban J connectivity index is 1.59. The molecule has 1 aliphatic rings. The predicted octanol–water partition coefficient (Wildman–Crippen LogP) is 5.97. The first-order valence-corrected chi connectivity index (χ1v) is 11.3. The van der Waals surface area contributed by atoms with E-state index in [0.717, 1.165) is 48.9 Å². The van der Waals surface area contributed by atoms with Gasteiger partial charge in [-0.05, 0) is 41.7 Å². The van der Waals surface area contributed by atoms with Gasteiger partial charge in [0.1, 0.15) is 5.82 Å². The summed E-state index contributed by atoms with van der Waals surface area (Å²) in [7, 11) is 0. The van der Waals surface area contributed by atoms with Crippen molar-refractivity contribution in [1.82, 2.24) is 9.47 Å². The fourth-order valence-corrected chi connectivity index (χ4v) is 4.88. The van der Waals surface area contributed by atoms with Crippen LogP contribution in [0, 0.1) is 5.82 Å². The molecule has 1 atom stereocenters. The van der Waals surface area contributed by atoms with E-state index in [1.54, 1.807) is 6.07 Å². The van der Waals surface area contributed by atoms with Gasteiger partial charge in [-0.15, -0.1) is 0 Å². The van der Waals surface area contributed by atoms with Crippen LogP contribution in [-0.4, -0.2) is 28.5 Å². The number of rotatable bonds is 6. The molecule has 0 saturated carbocycles. The van der Waals surface area contributed by atoms with Crippen molar-refractivity contribution in [3.05, 3.63) is 108 Å². The summed E-state index contributed by atoms with van der Waals surface area (Å²) >= 11 is 0. The summed E-state index contributed by atoms with van der Waals surface area (Å²) < 4.78 is 17.2. The third-order valence-electron chi connectivity index (χ3n) is 6.51. The number of para-hydroxylation sites is 1. The van der Waals surface area contributed by atoms with Crippen molar-refractivity contribution in [3.63, 3.8) is 0 Å². The van der Waals surface area contributed by atoms with Gasteiger partial charge in [0.05, 0.1) is 0 Å². The molecule has 3 nitrogen and oxygen atoms in total. The molecule has 1 saturated heterocycles. The summed E-state index contributed by atoms with van der Waals surface area (Å²) in [6.07, 6.45) is 4.49. The van der Waals surface area contributed by atoms with Gasteiger partial charge >= 0.3 is 0 Å². The molecular formula is C28H27FN2O. The van der Waals surface area contributed by atoms with Crippen LogP contribution >= 0.6 is 0 Å². The molecule has 4 heteroatoms. The lowest BCUT2D eigenvalue weighted by atomic mass is 9.87. The van der Waals surface area contributed by atoms with Crippen molar-refractivity contribution >= 4 is 16.8 Å². The zero-order chi connectivity index (χ0) is 21.9. The Morgan fingerprint density at radius 3 is 2.31 bits per heavy atom. The van der Waals surface area contributed by atoms with Crippen molar-refractivity contribution in [2.75, 3.05) is 13.1 Å². The lowest BCUT2D eigenvalue weighted by molar-refractivity contribution is -0.130. The predicted molar refractivity (Wildman–Crippen MR) is 126 cm³/mol. The fraction of sp³-hybridized carbons (Fsp3) is 0.250. The maximum atomic E-state index is 15.0. The molecule has 1 amide bonds. The van der Waals surface area contributed by atoms with Gasteiger partial charge in [0.15, 0.2) is 0 Å². The van der Waals surface area contributed by atoms with Crippen molar-refractivity contribution in [1.29, 1.82) is 0 Å². The molecule has 1 fully saturated rings. The maximum Gasteiger partial charge on any atom is 0.223 e. The van der Waals surface area contributed by atoms with E-state index in [-0.39, 0.29) is 24.1 Å². The van der Waals surface area contributed by atoms with Crippen molar-refractivity contribution < 1.29 is 9.18 Å². The fourth-order valence-electron chi connectivity index (χ4n) is 4.88. The van der Waals surface area contributed by atoms with E-state index in [0.29, 0.717) is 5.56 Å². The highest BCUT2D eigenvalue weighted by Gasteiger charge is 2.28. The maximum absolute atomic E-state index is 15.0. The zero-order valence-electron chi connectivity index (χ0n) is 18.1. The van der Waals surface area contributed by atoms with Crippen LogP contribution in [0.2, 0.25) is 0 Å². The minimum atomic E-state index is -0.328. The number of amides is 1. The van der Waals surface area contributed by atoms with Gasteiger partial charge < -0.3 is 9.47 Å². The van der Waals surface area contributed by atoms with Crippen LogP contribution in [0.25, 0.3) is 10.9 Å². The highest BCUT2D eigenvalue weighted by molar-refractivity contribution is 5.87. The Morgan fingerprint density at radius 2 is 1.53 bits per heavy atom. The van der Waals surface area contributed by atoms with Gasteiger partial charge in [0.2, 0.25) is 5.91 Å². The summed E-state index contributed by atoms with van der Waals surface area (Å²) in [5.74, 6) is -0.478. The number of halogens is 1. The van der Waals surface area contributed by atoms with Crippen LogP contribution < -0.4 is 0 Å². The summed E-state index contributed by atoms with van der Waals surface area (Å²) in [6, 6.07) is 25.4. The average Bonchev–Trinajstić information content (AvgIpc) is 3.48. The Kier molecular flexibility index (Phi) is 5.76. The number of benzene rings is 3. The van der Waals surface area contributed by atoms with Crippen LogP contribution in [0.3, 0.4) is 0 Å². The van der Waals surface area contributed by atoms with Crippen molar-refractivity contribution in [3.8, 4) is 0 Å². The molecule has 5 rings (SSSR count). The van der Waals surface area contributed by atoms with Crippen LogP contribution in [0.15, 0.2) is 85.1 Å². The second-order valence-electron chi connectivity index (χ2n) is 8.58. The number of likely N-dealkylation sites (tertiary alicyclic amines) is 1. The number of carbonyl (C=O) groups is 1. The van der Waals surface area contributed by atoms with Crippen LogP contribution in [-0.2, 0) is 11.3 Å². The van der Waals surface area contributed by atoms with E-state index < -0.39 is 0 Å². The summed E-state index contributed by atoms with van der Waals surface area (Å²) in [5.41, 5.74) is 3.90. The average molecular weight is 427 g/mol. The SMILES string of the molecule is O=C(C[C@@H](c1ccccc1F)c1cn(Cc2ccccc2)c2ccccc12)N1CCCC1. The number of hydrogen-bond acceptors (Lipinski definition) is 1. The Bertz CT molecular complexity index is 1220. The van der Waals surface area contributed by atoms with Crippen LogP contribution in [0.4, 0.5) is 4.39 Å². The van der Waals surface area contributed by atoms with Gasteiger partial charge in [-0.25, -0.2) is 4.39 Å². The molecule has 0 aliphatic carbocycles. The first kappa shape index (κ1) is 20.5. The topological polar surface area (TPSA) is 25.2 Å². The zero-order valence-corrected chi connectivity index (χ0v) is 18.1. The minimum absolute atomic E-state index is 0.107. The van der Waals surface area contributed by atoms with E-state index in [2.05, 4.69) is 35.0 Å². The van der Waals surface area contributed by atoms with Gasteiger partial charge in [-0.2, -0.15) is 0 Å². The third kappa shape index (κ3) is 4.05. The molecule has 0 bridgehead atoms. The smallest absolute Gasteiger partial charge is 0.223 e. The standard InChI is InChI=1S/C28H27FN2O/c29-26-14-6-4-12-22(26)24(18-28(32)30-16-8-9-17-30)25-20-31(19-21-10-2-1-3-11-21)27-15-7-5-13-23(25)27/h1-7,10-15,20,24H,8-9,16-19H2/t24-/m0/s1. The minimum Gasteiger partial charge on any atom is -0.343 e. The lowest BCUT2D eigenvalue weighted by Gasteiger charge is -2.22. The molecule has 1 aromatic heterocycles. The number of hydrogen-bond donors (Lipinski definition) is 0. The lowest BCUT2D eigenvalue weighted by Crippen LogP contribution is -2.29.